The fourth-order valence-electron chi connectivity index (χ4n) is 2.18. The van der Waals surface area contributed by atoms with Gasteiger partial charge in [-0.25, -0.2) is 0 Å². The number of aliphatic hydroxyl groups is 1. The van der Waals surface area contributed by atoms with Crippen molar-refractivity contribution in [2.24, 2.45) is 0 Å². The van der Waals surface area contributed by atoms with Crippen LogP contribution in [0.1, 0.15) is 17.2 Å². The van der Waals surface area contributed by atoms with E-state index in [1.165, 1.54) is 0 Å². The molecule has 0 radical (unpaired) electrons. The third-order valence-corrected chi connectivity index (χ3v) is 4.93. The minimum absolute atomic E-state index is 0.456. The highest BCUT2D eigenvalue weighted by Crippen LogP contribution is 2.40. The number of benzene rings is 2. The molecule has 0 spiro atoms. The summed E-state index contributed by atoms with van der Waals surface area (Å²) in [5.74, 6) is 1.23. The predicted molar refractivity (Wildman–Crippen MR) is 93.4 cm³/mol. The van der Waals surface area contributed by atoms with E-state index >= 15 is 0 Å². The second kappa shape index (κ2) is 6.32. The average Bonchev–Trinajstić information content (AvgIpc) is 2.48. The van der Waals surface area contributed by atoms with Crippen LogP contribution >= 0.6 is 50.1 Å². The van der Waals surface area contributed by atoms with Crippen LogP contribution in [0.3, 0.4) is 0 Å². The Labute approximate surface area is 149 Å². The van der Waals surface area contributed by atoms with Crippen molar-refractivity contribution in [1.82, 2.24) is 0 Å². The third kappa shape index (κ3) is 3.16. The molecular formula is C15H11BrClIO3. The summed E-state index contributed by atoms with van der Waals surface area (Å²) in [4.78, 5) is 0. The van der Waals surface area contributed by atoms with Crippen LogP contribution in [0.25, 0.3) is 0 Å². The lowest BCUT2D eigenvalue weighted by atomic mass is 10.0. The van der Waals surface area contributed by atoms with Gasteiger partial charge in [-0.2, -0.15) is 0 Å². The molecule has 0 amide bonds. The first-order valence-electron chi connectivity index (χ1n) is 6.28. The lowest BCUT2D eigenvalue weighted by Gasteiger charge is -2.22. The van der Waals surface area contributed by atoms with E-state index in [-0.39, 0.29) is 0 Å². The molecule has 1 atom stereocenters. The zero-order valence-electron chi connectivity index (χ0n) is 10.8. The topological polar surface area (TPSA) is 38.7 Å². The van der Waals surface area contributed by atoms with Crippen LogP contribution in [0.15, 0.2) is 34.8 Å². The Morgan fingerprint density at radius 1 is 1.10 bits per heavy atom. The summed E-state index contributed by atoms with van der Waals surface area (Å²) in [6.07, 6.45) is -0.836. The second-order valence-corrected chi connectivity index (χ2v) is 7.09. The van der Waals surface area contributed by atoms with Crippen LogP contribution in [0.4, 0.5) is 0 Å². The SMILES string of the molecule is OC(c1cc2c(cc1Cl)OCCO2)c1cc(I)ccc1Br. The van der Waals surface area contributed by atoms with E-state index < -0.39 is 6.10 Å². The Morgan fingerprint density at radius 3 is 2.48 bits per heavy atom. The molecular weight excluding hydrogens is 470 g/mol. The van der Waals surface area contributed by atoms with E-state index in [1.807, 2.05) is 18.2 Å². The zero-order valence-corrected chi connectivity index (χ0v) is 15.3. The second-order valence-electron chi connectivity index (χ2n) is 4.59. The van der Waals surface area contributed by atoms with E-state index in [4.69, 9.17) is 21.1 Å². The van der Waals surface area contributed by atoms with Gasteiger partial charge in [0, 0.05) is 25.2 Å². The Kier molecular flexibility index (Phi) is 4.63. The number of rotatable bonds is 2. The third-order valence-electron chi connectivity index (χ3n) is 3.21. The molecule has 0 aliphatic carbocycles. The summed E-state index contributed by atoms with van der Waals surface area (Å²) in [5, 5.41) is 11.1. The molecule has 1 aliphatic heterocycles. The van der Waals surface area contributed by atoms with Crippen molar-refractivity contribution >= 4 is 50.1 Å². The molecule has 1 heterocycles. The molecule has 1 unspecified atom stereocenters. The fraction of sp³-hybridized carbons (Fsp3) is 0.200. The minimum atomic E-state index is -0.836. The number of halogens is 3. The highest BCUT2D eigenvalue weighted by molar-refractivity contribution is 14.1. The van der Waals surface area contributed by atoms with Crippen molar-refractivity contribution < 1.29 is 14.6 Å². The van der Waals surface area contributed by atoms with Gasteiger partial charge in [-0.3, -0.25) is 0 Å². The van der Waals surface area contributed by atoms with E-state index in [0.717, 1.165) is 13.6 Å². The van der Waals surface area contributed by atoms with Gasteiger partial charge in [0.05, 0.1) is 5.02 Å². The van der Waals surface area contributed by atoms with Crippen LogP contribution in [0.2, 0.25) is 5.02 Å². The monoisotopic (exact) mass is 480 g/mol. The Balaban J connectivity index is 2.05. The van der Waals surface area contributed by atoms with Crippen molar-refractivity contribution in [2.45, 2.75) is 6.10 Å². The highest BCUT2D eigenvalue weighted by atomic mass is 127. The molecule has 3 rings (SSSR count). The van der Waals surface area contributed by atoms with Crippen LogP contribution in [-0.2, 0) is 0 Å². The van der Waals surface area contributed by atoms with Gasteiger partial charge in [-0.15, -0.1) is 0 Å². The molecule has 0 saturated heterocycles. The average molecular weight is 482 g/mol. The maximum atomic E-state index is 10.7. The van der Waals surface area contributed by atoms with Gasteiger partial charge in [-0.1, -0.05) is 27.5 Å². The standard InChI is InChI=1S/C15H11BrClIO3/c16-11-2-1-8(18)5-9(11)15(19)10-6-13-14(7-12(10)17)21-4-3-20-13/h1-2,5-7,15,19H,3-4H2. The van der Waals surface area contributed by atoms with E-state index in [1.54, 1.807) is 12.1 Å². The molecule has 21 heavy (non-hydrogen) atoms. The molecule has 0 aromatic heterocycles. The maximum Gasteiger partial charge on any atom is 0.162 e. The van der Waals surface area contributed by atoms with E-state index in [0.29, 0.717) is 35.3 Å². The Bertz CT molecular complexity index is 693. The summed E-state index contributed by atoms with van der Waals surface area (Å²) in [7, 11) is 0. The summed E-state index contributed by atoms with van der Waals surface area (Å²) < 4.78 is 12.9. The summed E-state index contributed by atoms with van der Waals surface area (Å²) in [6, 6.07) is 9.23. The molecule has 1 aliphatic rings. The molecule has 6 heteroatoms. The minimum Gasteiger partial charge on any atom is -0.486 e. The van der Waals surface area contributed by atoms with Gasteiger partial charge in [-0.05, 0) is 46.9 Å². The van der Waals surface area contributed by atoms with Crippen LogP contribution in [0, 0.1) is 3.57 Å². The molecule has 1 N–H and O–H groups in total. The maximum absolute atomic E-state index is 10.7. The summed E-state index contributed by atoms with van der Waals surface area (Å²) in [6.45, 7) is 1.00. The van der Waals surface area contributed by atoms with Crippen molar-refractivity contribution in [2.75, 3.05) is 13.2 Å². The first kappa shape index (κ1) is 15.4. The van der Waals surface area contributed by atoms with Crippen molar-refractivity contribution in [3.8, 4) is 11.5 Å². The molecule has 0 saturated carbocycles. The van der Waals surface area contributed by atoms with Crippen molar-refractivity contribution in [3.05, 3.63) is 54.5 Å². The molecule has 2 aromatic rings. The van der Waals surface area contributed by atoms with Crippen LogP contribution < -0.4 is 9.47 Å². The number of hydrogen-bond acceptors (Lipinski definition) is 3. The fourth-order valence-corrected chi connectivity index (χ4v) is 3.42. The van der Waals surface area contributed by atoms with Crippen molar-refractivity contribution in [1.29, 1.82) is 0 Å². The molecule has 2 aromatic carbocycles. The van der Waals surface area contributed by atoms with Crippen molar-refractivity contribution in [3.63, 3.8) is 0 Å². The van der Waals surface area contributed by atoms with Gasteiger partial charge in [0.1, 0.15) is 19.3 Å². The van der Waals surface area contributed by atoms with Gasteiger partial charge in [0.25, 0.3) is 0 Å². The van der Waals surface area contributed by atoms with E-state index in [9.17, 15) is 5.11 Å². The number of fused-ring (bicyclic) bond motifs is 1. The number of aliphatic hydroxyl groups excluding tert-OH is 1. The smallest absolute Gasteiger partial charge is 0.162 e. The summed E-state index contributed by atoms with van der Waals surface area (Å²) in [5.41, 5.74) is 1.36. The first-order valence-corrected chi connectivity index (χ1v) is 8.53. The first-order chi connectivity index (χ1) is 10.1. The molecule has 0 fully saturated rings. The number of hydrogen-bond donors (Lipinski definition) is 1. The van der Waals surface area contributed by atoms with Crippen LogP contribution in [-0.4, -0.2) is 18.3 Å². The Morgan fingerprint density at radius 2 is 1.76 bits per heavy atom. The van der Waals surface area contributed by atoms with Crippen LogP contribution in [0.5, 0.6) is 11.5 Å². The van der Waals surface area contributed by atoms with Gasteiger partial charge in [0.15, 0.2) is 11.5 Å². The lowest BCUT2D eigenvalue weighted by molar-refractivity contribution is 0.169. The normalized spacial score (nSPS) is 14.9. The molecule has 110 valence electrons. The van der Waals surface area contributed by atoms with Gasteiger partial charge >= 0.3 is 0 Å². The van der Waals surface area contributed by atoms with E-state index in [2.05, 4.69) is 38.5 Å². The van der Waals surface area contributed by atoms with Gasteiger partial charge in [0.2, 0.25) is 0 Å². The lowest BCUT2D eigenvalue weighted by Crippen LogP contribution is -2.16. The number of ether oxygens (including phenoxy) is 2. The quantitative estimate of drug-likeness (QED) is 0.640. The molecule has 3 nitrogen and oxygen atoms in total. The highest BCUT2D eigenvalue weighted by Gasteiger charge is 2.22. The largest absolute Gasteiger partial charge is 0.486 e. The summed E-state index contributed by atoms with van der Waals surface area (Å²) >= 11 is 12.0. The van der Waals surface area contributed by atoms with Gasteiger partial charge < -0.3 is 14.6 Å². The molecule has 0 bridgehead atoms. The zero-order chi connectivity index (χ0) is 15.0. The predicted octanol–water partition coefficient (Wildman–Crippen LogP) is 4.56. The Hall–Kier alpha value is -0.500.